The monoisotopic (exact) mass is 219 g/mol. The number of aromatic hydroxyl groups is 1. The molecule has 0 aromatic heterocycles. The highest BCUT2D eigenvalue weighted by molar-refractivity contribution is 5.79. The molecule has 82 valence electrons. The van der Waals surface area contributed by atoms with Crippen molar-refractivity contribution in [2.24, 2.45) is 0 Å². The predicted molar refractivity (Wildman–Crippen MR) is 59.0 cm³/mol. The average Bonchev–Trinajstić information content (AvgIpc) is 2.44. The largest absolute Gasteiger partial charge is 0.503 e. The second-order valence-corrected chi connectivity index (χ2v) is 3.58. The summed E-state index contributed by atoms with van der Waals surface area (Å²) in [5.74, 6) is -0.743. The van der Waals surface area contributed by atoms with E-state index in [2.05, 4.69) is 5.32 Å². The minimum atomic E-state index is -1.17. The van der Waals surface area contributed by atoms with Crippen LogP contribution < -0.4 is 21.6 Å². The maximum Gasteiger partial charge on any atom is 0.277 e. The number of hydrogen-bond donors (Lipinski definition) is 2. The molecule has 5 heteroatoms. The number of hydrogen-bond acceptors (Lipinski definition) is 5. The molecular formula is C11H9NO4. The fourth-order valence-corrected chi connectivity index (χ4v) is 1.65. The molecule has 1 heterocycles. The van der Waals surface area contributed by atoms with E-state index in [0.29, 0.717) is 12.1 Å². The summed E-state index contributed by atoms with van der Waals surface area (Å²) in [5.41, 5.74) is -2.19. The lowest BCUT2D eigenvalue weighted by molar-refractivity contribution is 0.470. The summed E-state index contributed by atoms with van der Waals surface area (Å²) in [6.45, 7) is 2.28. The van der Waals surface area contributed by atoms with E-state index in [1.807, 2.05) is 0 Å². The van der Waals surface area contributed by atoms with Crippen molar-refractivity contribution in [1.82, 2.24) is 5.32 Å². The van der Waals surface area contributed by atoms with Crippen molar-refractivity contribution >= 4 is 5.57 Å². The Morgan fingerprint density at radius 3 is 2.38 bits per heavy atom. The van der Waals surface area contributed by atoms with Crippen LogP contribution in [0.1, 0.15) is 12.5 Å². The summed E-state index contributed by atoms with van der Waals surface area (Å²) in [5, 5.41) is 12.4. The maximum atomic E-state index is 11.5. The molecule has 1 aromatic carbocycles. The van der Waals surface area contributed by atoms with Crippen molar-refractivity contribution in [2.45, 2.75) is 6.92 Å². The summed E-state index contributed by atoms with van der Waals surface area (Å²) >= 11 is 0. The van der Waals surface area contributed by atoms with Crippen molar-refractivity contribution in [3.8, 4) is 5.75 Å². The lowest BCUT2D eigenvalue weighted by Crippen LogP contribution is -2.30. The van der Waals surface area contributed by atoms with E-state index in [-0.39, 0.29) is 5.56 Å². The number of allylic oxidation sites excluding steroid dienone is 3. The summed E-state index contributed by atoms with van der Waals surface area (Å²) in [6, 6.07) is 0. The SMILES string of the molecule is CC1=CC(c2c(O)c(=O)c(=O)c2=O)=CCN1. The molecule has 2 N–H and O–H groups in total. The highest BCUT2D eigenvalue weighted by Gasteiger charge is 2.21. The Hall–Kier alpha value is -2.17. The molecule has 1 aromatic rings. The molecule has 0 saturated heterocycles. The second-order valence-electron chi connectivity index (χ2n) is 3.58. The lowest BCUT2D eigenvalue weighted by atomic mass is 10.0. The van der Waals surface area contributed by atoms with Crippen LogP contribution >= 0.6 is 0 Å². The molecule has 0 bridgehead atoms. The van der Waals surface area contributed by atoms with Crippen molar-refractivity contribution in [2.75, 3.05) is 6.54 Å². The van der Waals surface area contributed by atoms with Gasteiger partial charge in [0.2, 0.25) is 5.43 Å². The summed E-state index contributed by atoms with van der Waals surface area (Å²) < 4.78 is 0. The van der Waals surface area contributed by atoms with Crippen LogP contribution in [0.4, 0.5) is 0 Å². The predicted octanol–water partition coefficient (Wildman–Crippen LogP) is -0.761. The molecule has 0 aliphatic carbocycles. The first-order chi connectivity index (χ1) is 7.52. The molecule has 0 radical (unpaired) electrons. The maximum absolute atomic E-state index is 11.5. The Morgan fingerprint density at radius 1 is 1.19 bits per heavy atom. The third-order valence-electron chi connectivity index (χ3n) is 2.45. The van der Waals surface area contributed by atoms with Crippen molar-refractivity contribution in [1.29, 1.82) is 0 Å². The first-order valence-electron chi connectivity index (χ1n) is 4.71. The molecule has 0 unspecified atom stereocenters. The zero-order valence-electron chi connectivity index (χ0n) is 8.53. The summed E-state index contributed by atoms with van der Waals surface area (Å²) in [4.78, 5) is 33.6. The van der Waals surface area contributed by atoms with Gasteiger partial charge in [0.25, 0.3) is 10.9 Å². The third-order valence-corrected chi connectivity index (χ3v) is 2.45. The Balaban J connectivity index is 2.72. The minimum absolute atomic E-state index is 0.184. The fraction of sp³-hybridized carbons (Fsp3) is 0.182. The Kier molecular flexibility index (Phi) is 2.23. The van der Waals surface area contributed by atoms with Gasteiger partial charge in [-0.3, -0.25) is 14.4 Å². The summed E-state index contributed by atoms with van der Waals surface area (Å²) in [6.07, 6.45) is 3.25. The van der Waals surface area contributed by atoms with E-state index < -0.39 is 22.0 Å². The molecule has 0 saturated carbocycles. The normalized spacial score (nSPS) is 15.3. The van der Waals surface area contributed by atoms with Crippen LogP contribution in [-0.2, 0) is 0 Å². The van der Waals surface area contributed by atoms with Crippen molar-refractivity contribution in [3.05, 3.63) is 54.1 Å². The van der Waals surface area contributed by atoms with Gasteiger partial charge in [-0.15, -0.1) is 0 Å². The summed E-state index contributed by atoms with van der Waals surface area (Å²) in [7, 11) is 0. The van der Waals surface area contributed by atoms with Crippen molar-refractivity contribution < 1.29 is 5.11 Å². The molecule has 1 aliphatic heterocycles. The molecule has 1 aliphatic rings. The molecule has 2 rings (SSSR count). The van der Waals surface area contributed by atoms with Crippen LogP contribution in [0.2, 0.25) is 0 Å². The van der Waals surface area contributed by atoms with Gasteiger partial charge in [-0.2, -0.15) is 0 Å². The molecule has 0 fully saturated rings. The Labute approximate surface area is 90.1 Å². The molecule has 0 amide bonds. The molecular weight excluding hydrogens is 210 g/mol. The van der Waals surface area contributed by atoms with Gasteiger partial charge in [0.1, 0.15) is 0 Å². The lowest BCUT2D eigenvalue weighted by Gasteiger charge is -2.11. The topological polar surface area (TPSA) is 83.5 Å². The second kappa shape index (κ2) is 3.44. The van der Waals surface area contributed by atoms with Gasteiger partial charge in [0, 0.05) is 12.2 Å². The molecule has 0 atom stereocenters. The van der Waals surface area contributed by atoms with E-state index in [0.717, 1.165) is 5.70 Å². The zero-order valence-corrected chi connectivity index (χ0v) is 8.53. The van der Waals surface area contributed by atoms with E-state index in [4.69, 9.17) is 0 Å². The first kappa shape index (κ1) is 10.4. The highest BCUT2D eigenvalue weighted by Crippen LogP contribution is 2.21. The van der Waals surface area contributed by atoms with Gasteiger partial charge in [-0.05, 0) is 18.6 Å². The number of nitrogens with one attached hydrogen (secondary N) is 1. The van der Waals surface area contributed by atoms with Gasteiger partial charge in [0.05, 0.1) is 5.56 Å². The standard InChI is InChI=1S/C11H9NO4/c1-5-4-6(2-3-12-5)7-8(13)10(15)11(16)9(7)14/h2,4,12-13H,3H2,1H3. The van der Waals surface area contributed by atoms with Gasteiger partial charge in [-0.25, -0.2) is 0 Å². The van der Waals surface area contributed by atoms with Gasteiger partial charge >= 0.3 is 0 Å². The van der Waals surface area contributed by atoms with Crippen LogP contribution in [0.3, 0.4) is 0 Å². The fourth-order valence-electron chi connectivity index (χ4n) is 1.65. The third kappa shape index (κ3) is 1.37. The smallest absolute Gasteiger partial charge is 0.277 e. The minimum Gasteiger partial charge on any atom is -0.503 e. The van der Waals surface area contributed by atoms with E-state index in [9.17, 15) is 19.5 Å². The van der Waals surface area contributed by atoms with Gasteiger partial charge < -0.3 is 10.4 Å². The number of dihydropyridines is 1. The van der Waals surface area contributed by atoms with Gasteiger partial charge in [-0.1, -0.05) is 6.08 Å². The van der Waals surface area contributed by atoms with Gasteiger partial charge in [0.15, 0.2) is 5.75 Å². The van der Waals surface area contributed by atoms with Crippen LogP contribution in [0.25, 0.3) is 5.57 Å². The van der Waals surface area contributed by atoms with Crippen LogP contribution in [0, 0.1) is 0 Å². The Bertz CT molecular complexity index is 645. The quantitative estimate of drug-likeness (QED) is 0.606. The van der Waals surface area contributed by atoms with E-state index in [1.165, 1.54) is 0 Å². The van der Waals surface area contributed by atoms with E-state index in [1.54, 1.807) is 19.1 Å². The van der Waals surface area contributed by atoms with E-state index >= 15 is 0 Å². The van der Waals surface area contributed by atoms with Crippen LogP contribution in [0.5, 0.6) is 5.75 Å². The van der Waals surface area contributed by atoms with Crippen LogP contribution in [-0.4, -0.2) is 11.7 Å². The average molecular weight is 219 g/mol. The molecule has 0 spiro atoms. The van der Waals surface area contributed by atoms with Crippen molar-refractivity contribution in [3.63, 3.8) is 0 Å². The zero-order chi connectivity index (χ0) is 11.9. The molecule has 5 nitrogen and oxygen atoms in total. The Morgan fingerprint density at radius 2 is 1.88 bits per heavy atom. The highest BCUT2D eigenvalue weighted by atomic mass is 16.3. The molecule has 16 heavy (non-hydrogen) atoms. The first-order valence-corrected chi connectivity index (χ1v) is 4.71. The van der Waals surface area contributed by atoms with Crippen LogP contribution in [0.15, 0.2) is 32.2 Å². The number of rotatable bonds is 1.